The number of sulfonamides is 1. The lowest BCUT2D eigenvalue weighted by molar-refractivity contribution is 0.388. The number of rotatable bonds is 5. The summed E-state index contributed by atoms with van der Waals surface area (Å²) in [6.07, 6.45) is 0.667. The molecule has 1 heterocycles. The Kier molecular flexibility index (Phi) is 4.93. The summed E-state index contributed by atoms with van der Waals surface area (Å²) in [4.78, 5) is 1.23. The van der Waals surface area contributed by atoms with Crippen LogP contribution in [0.15, 0.2) is 40.6 Å². The highest BCUT2D eigenvalue weighted by Crippen LogP contribution is 2.27. The molecule has 0 radical (unpaired) electrons. The summed E-state index contributed by atoms with van der Waals surface area (Å²) in [5.41, 5.74) is 6.04. The average Bonchev–Trinajstić information content (AvgIpc) is 2.90. The maximum absolute atomic E-state index is 12.6. The van der Waals surface area contributed by atoms with Crippen molar-refractivity contribution in [1.29, 1.82) is 0 Å². The second-order valence-corrected chi connectivity index (χ2v) is 8.25. The molecule has 7 heteroatoms. The predicted octanol–water partition coefficient (Wildman–Crippen LogP) is 3.24. The highest BCUT2D eigenvalue weighted by atomic mass is 35.5. The molecule has 0 spiro atoms. The zero-order chi connectivity index (χ0) is 15.6. The fraction of sp³-hybridized carbons (Fsp3) is 0.286. The van der Waals surface area contributed by atoms with Gasteiger partial charge >= 0.3 is 0 Å². The molecule has 2 aromatic rings. The third-order valence-electron chi connectivity index (χ3n) is 3.31. The van der Waals surface area contributed by atoms with Crippen LogP contribution in [0, 0.1) is 0 Å². The number of halogens is 1. The van der Waals surface area contributed by atoms with Crippen molar-refractivity contribution in [3.05, 3.63) is 45.6 Å². The van der Waals surface area contributed by atoms with Crippen molar-refractivity contribution >= 4 is 38.6 Å². The van der Waals surface area contributed by atoms with Gasteiger partial charge in [0.05, 0.1) is 5.02 Å². The van der Waals surface area contributed by atoms with Crippen LogP contribution in [0.1, 0.15) is 11.8 Å². The molecule has 1 unspecified atom stereocenters. The van der Waals surface area contributed by atoms with Gasteiger partial charge in [0.15, 0.2) is 0 Å². The van der Waals surface area contributed by atoms with E-state index >= 15 is 0 Å². The number of benzene rings is 1. The summed E-state index contributed by atoms with van der Waals surface area (Å²) >= 11 is 7.64. The minimum atomic E-state index is -3.64. The van der Waals surface area contributed by atoms with Crippen LogP contribution in [0.5, 0.6) is 0 Å². The Balaban J connectivity index is 2.25. The maximum atomic E-state index is 12.6. The van der Waals surface area contributed by atoms with Crippen molar-refractivity contribution in [3.63, 3.8) is 0 Å². The van der Waals surface area contributed by atoms with Gasteiger partial charge in [-0.05, 0) is 43.0 Å². The number of hydrogen-bond donors (Lipinski definition) is 1. The molecule has 21 heavy (non-hydrogen) atoms. The van der Waals surface area contributed by atoms with Crippen molar-refractivity contribution in [1.82, 2.24) is 4.31 Å². The van der Waals surface area contributed by atoms with E-state index in [0.29, 0.717) is 12.1 Å². The van der Waals surface area contributed by atoms with Crippen LogP contribution in [-0.4, -0.2) is 25.8 Å². The summed E-state index contributed by atoms with van der Waals surface area (Å²) in [5.74, 6) is 0. The lowest BCUT2D eigenvalue weighted by Gasteiger charge is -2.24. The van der Waals surface area contributed by atoms with E-state index in [-0.39, 0.29) is 16.0 Å². The van der Waals surface area contributed by atoms with Crippen LogP contribution in [0.2, 0.25) is 5.02 Å². The Labute approximate surface area is 134 Å². The standard InChI is InChI=1S/C14H17ClN2O2S2/c1-10(8-12-4-3-7-20-12)17(2)21(18,19)14-6-5-11(16)9-13(14)15/h3-7,9-10H,8,16H2,1-2H3. The van der Waals surface area contributed by atoms with Crippen LogP contribution in [-0.2, 0) is 16.4 Å². The zero-order valence-corrected chi connectivity index (χ0v) is 14.2. The first kappa shape index (κ1) is 16.3. The number of nitrogens with two attached hydrogens (primary N) is 1. The third-order valence-corrected chi connectivity index (χ3v) is 6.66. The maximum Gasteiger partial charge on any atom is 0.244 e. The number of likely N-dealkylation sites (N-methyl/N-ethyl adjacent to an activating group) is 1. The van der Waals surface area contributed by atoms with Crippen molar-refractivity contribution in [2.24, 2.45) is 0 Å². The molecular formula is C14H17ClN2O2S2. The van der Waals surface area contributed by atoms with Gasteiger partial charge in [-0.15, -0.1) is 11.3 Å². The quantitative estimate of drug-likeness (QED) is 0.847. The Bertz CT molecular complexity index is 715. The molecule has 4 nitrogen and oxygen atoms in total. The van der Waals surface area contributed by atoms with E-state index in [9.17, 15) is 8.42 Å². The van der Waals surface area contributed by atoms with Crippen LogP contribution in [0.3, 0.4) is 0 Å². The topological polar surface area (TPSA) is 63.4 Å². The molecule has 2 rings (SSSR count). The molecule has 0 amide bonds. The van der Waals surface area contributed by atoms with Crippen LogP contribution in [0.25, 0.3) is 0 Å². The first-order valence-electron chi connectivity index (χ1n) is 6.38. The van der Waals surface area contributed by atoms with E-state index in [1.165, 1.54) is 22.5 Å². The minimum Gasteiger partial charge on any atom is -0.399 e. The molecular weight excluding hydrogens is 328 g/mol. The first-order chi connectivity index (χ1) is 9.82. The molecule has 114 valence electrons. The number of anilines is 1. The summed E-state index contributed by atoms with van der Waals surface area (Å²) in [7, 11) is -2.07. The Morgan fingerprint density at radius 2 is 2.10 bits per heavy atom. The lowest BCUT2D eigenvalue weighted by atomic mass is 10.2. The van der Waals surface area contributed by atoms with Gasteiger partial charge < -0.3 is 5.73 Å². The van der Waals surface area contributed by atoms with Gasteiger partial charge in [-0.1, -0.05) is 17.7 Å². The second-order valence-electron chi connectivity index (χ2n) is 4.84. The van der Waals surface area contributed by atoms with E-state index in [0.717, 1.165) is 4.88 Å². The van der Waals surface area contributed by atoms with E-state index in [1.807, 2.05) is 24.4 Å². The molecule has 0 aliphatic rings. The number of nitrogen functional groups attached to an aromatic ring is 1. The predicted molar refractivity (Wildman–Crippen MR) is 88.3 cm³/mol. The van der Waals surface area contributed by atoms with E-state index in [2.05, 4.69) is 0 Å². The fourth-order valence-electron chi connectivity index (χ4n) is 1.97. The molecule has 0 aliphatic heterocycles. The van der Waals surface area contributed by atoms with Gasteiger partial charge in [-0.25, -0.2) is 8.42 Å². The van der Waals surface area contributed by atoms with Crippen molar-refractivity contribution < 1.29 is 8.42 Å². The van der Waals surface area contributed by atoms with Gasteiger partial charge in [0.2, 0.25) is 10.0 Å². The molecule has 0 saturated carbocycles. The van der Waals surface area contributed by atoms with E-state index < -0.39 is 10.0 Å². The smallest absolute Gasteiger partial charge is 0.244 e. The highest BCUT2D eigenvalue weighted by Gasteiger charge is 2.27. The van der Waals surface area contributed by atoms with Gasteiger partial charge in [0.1, 0.15) is 4.90 Å². The molecule has 0 aliphatic carbocycles. The second kappa shape index (κ2) is 6.36. The molecule has 1 aromatic heterocycles. The monoisotopic (exact) mass is 344 g/mol. The van der Waals surface area contributed by atoms with Gasteiger partial charge in [0.25, 0.3) is 0 Å². The highest BCUT2D eigenvalue weighted by molar-refractivity contribution is 7.89. The largest absolute Gasteiger partial charge is 0.399 e. The number of hydrogen-bond acceptors (Lipinski definition) is 4. The van der Waals surface area contributed by atoms with Gasteiger partial charge in [-0.2, -0.15) is 4.31 Å². The third kappa shape index (κ3) is 3.58. The normalized spacial score (nSPS) is 13.5. The molecule has 0 fully saturated rings. The molecule has 1 atom stereocenters. The van der Waals surface area contributed by atoms with E-state index in [4.69, 9.17) is 17.3 Å². The van der Waals surface area contributed by atoms with Crippen LogP contribution in [0.4, 0.5) is 5.69 Å². The fourth-order valence-corrected chi connectivity index (χ4v) is 4.68. The Morgan fingerprint density at radius 1 is 1.38 bits per heavy atom. The molecule has 1 aromatic carbocycles. The Hall–Kier alpha value is -1.08. The van der Waals surface area contributed by atoms with Crippen LogP contribution >= 0.6 is 22.9 Å². The minimum absolute atomic E-state index is 0.0823. The van der Waals surface area contributed by atoms with Crippen molar-refractivity contribution in [2.75, 3.05) is 12.8 Å². The summed E-state index contributed by atoms with van der Waals surface area (Å²) in [5, 5.41) is 2.12. The van der Waals surface area contributed by atoms with Crippen molar-refractivity contribution in [2.45, 2.75) is 24.3 Å². The molecule has 0 bridgehead atoms. The lowest BCUT2D eigenvalue weighted by Crippen LogP contribution is -2.36. The van der Waals surface area contributed by atoms with Crippen LogP contribution < -0.4 is 5.73 Å². The van der Waals surface area contributed by atoms with Gasteiger partial charge in [-0.3, -0.25) is 0 Å². The summed E-state index contributed by atoms with van der Waals surface area (Å²) in [6.45, 7) is 1.88. The van der Waals surface area contributed by atoms with Crippen molar-refractivity contribution in [3.8, 4) is 0 Å². The first-order valence-corrected chi connectivity index (χ1v) is 9.07. The molecule has 0 saturated heterocycles. The van der Waals surface area contributed by atoms with E-state index in [1.54, 1.807) is 18.4 Å². The van der Waals surface area contributed by atoms with Gasteiger partial charge in [0, 0.05) is 23.7 Å². The summed E-state index contributed by atoms with van der Waals surface area (Å²) in [6, 6.07) is 8.22. The summed E-state index contributed by atoms with van der Waals surface area (Å²) < 4.78 is 26.6. The number of thiophene rings is 1. The number of nitrogens with zero attached hydrogens (tertiary/aromatic N) is 1. The SMILES string of the molecule is CC(Cc1cccs1)N(C)S(=O)(=O)c1ccc(N)cc1Cl. The average molecular weight is 345 g/mol. The molecule has 2 N–H and O–H groups in total. The zero-order valence-electron chi connectivity index (χ0n) is 11.8. The Morgan fingerprint density at radius 3 is 2.67 bits per heavy atom.